The summed E-state index contributed by atoms with van der Waals surface area (Å²) in [6.45, 7) is 2.29. The lowest BCUT2D eigenvalue weighted by Crippen LogP contribution is -2.40. The molecule has 1 heterocycles. The van der Waals surface area contributed by atoms with E-state index in [0.717, 1.165) is 30.3 Å². The fourth-order valence-corrected chi connectivity index (χ4v) is 2.43. The summed E-state index contributed by atoms with van der Waals surface area (Å²) in [4.78, 5) is 0. The second-order valence-corrected chi connectivity index (χ2v) is 4.91. The molecule has 3 N–H and O–H groups in total. The van der Waals surface area contributed by atoms with E-state index in [2.05, 4.69) is 5.32 Å². The first-order chi connectivity index (χ1) is 8.29. The molecule has 4 heteroatoms. The van der Waals surface area contributed by atoms with Crippen molar-refractivity contribution in [1.82, 2.24) is 0 Å². The van der Waals surface area contributed by atoms with Crippen LogP contribution >= 0.6 is 11.6 Å². The zero-order valence-corrected chi connectivity index (χ0v) is 10.6. The van der Waals surface area contributed by atoms with Crippen molar-refractivity contribution in [3.8, 4) is 0 Å². The molecule has 0 bridgehead atoms. The molecule has 17 heavy (non-hydrogen) atoms. The Balaban J connectivity index is 1.98. The number of nitrogens with one attached hydrogen (secondary N) is 1. The SMILES string of the molecule is NCC(Nc1cccc(Cl)c1)C1CCCOC1. The van der Waals surface area contributed by atoms with Gasteiger partial charge >= 0.3 is 0 Å². The molecular weight excluding hydrogens is 236 g/mol. The van der Waals surface area contributed by atoms with E-state index in [9.17, 15) is 0 Å². The first-order valence-corrected chi connectivity index (χ1v) is 6.47. The topological polar surface area (TPSA) is 47.3 Å². The minimum absolute atomic E-state index is 0.258. The standard InChI is InChI=1S/C13H19ClN2O/c14-11-4-1-5-12(7-11)16-13(8-15)10-3-2-6-17-9-10/h1,4-5,7,10,13,16H,2-3,6,8-9,15H2. The predicted molar refractivity (Wildman–Crippen MR) is 71.5 cm³/mol. The van der Waals surface area contributed by atoms with Crippen LogP contribution in [0.3, 0.4) is 0 Å². The molecule has 1 fully saturated rings. The third-order valence-corrected chi connectivity index (χ3v) is 3.43. The van der Waals surface area contributed by atoms with Gasteiger partial charge in [-0.25, -0.2) is 0 Å². The van der Waals surface area contributed by atoms with Crippen LogP contribution in [0.1, 0.15) is 12.8 Å². The van der Waals surface area contributed by atoms with Crippen molar-refractivity contribution in [2.24, 2.45) is 11.7 Å². The lowest BCUT2D eigenvalue weighted by atomic mass is 9.93. The van der Waals surface area contributed by atoms with Gasteiger partial charge < -0.3 is 15.8 Å². The molecule has 2 rings (SSSR count). The van der Waals surface area contributed by atoms with E-state index >= 15 is 0 Å². The van der Waals surface area contributed by atoms with Gasteiger partial charge in [0.25, 0.3) is 0 Å². The number of rotatable bonds is 4. The normalized spacial score (nSPS) is 22.1. The molecule has 1 aliphatic heterocycles. The van der Waals surface area contributed by atoms with Crippen molar-refractivity contribution < 1.29 is 4.74 Å². The Kier molecular flexibility index (Phi) is 4.66. The molecule has 1 aromatic rings. The number of anilines is 1. The second kappa shape index (κ2) is 6.24. The Morgan fingerprint density at radius 3 is 3.06 bits per heavy atom. The Bertz CT molecular complexity index is 353. The smallest absolute Gasteiger partial charge is 0.0514 e. The Labute approximate surface area is 107 Å². The van der Waals surface area contributed by atoms with Gasteiger partial charge in [-0.3, -0.25) is 0 Å². The number of hydrogen-bond donors (Lipinski definition) is 2. The fourth-order valence-electron chi connectivity index (χ4n) is 2.24. The van der Waals surface area contributed by atoms with Crippen LogP contribution in [0.25, 0.3) is 0 Å². The van der Waals surface area contributed by atoms with Crippen molar-refractivity contribution in [1.29, 1.82) is 0 Å². The summed E-state index contributed by atoms with van der Waals surface area (Å²) in [5.41, 5.74) is 6.86. The van der Waals surface area contributed by atoms with Gasteiger partial charge in [0.15, 0.2) is 0 Å². The zero-order valence-electron chi connectivity index (χ0n) is 9.86. The van der Waals surface area contributed by atoms with Crippen molar-refractivity contribution in [3.05, 3.63) is 29.3 Å². The Morgan fingerprint density at radius 1 is 1.53 bits per heavy atom. The minimum atomic E-state index is 0.258. The van der Waals surface area contributed by atoms with Gasteiger partial charge in [-0.05, 0) is 31.0 Å². The highest BCUT2D eigenvalue weighted by molar-refractivity contribution is 6.30. The number of ether oxygens (including phenoxy) is 1. The molecule has 1 aromatic carbocycles. The molecule has 0 aliphatic carbocycles. The van der Waals surface area contributed by atoms with Crippen molar-refractivity contribution in [3.63, 3.8) is 0 Å². The molecule has 2 atom stereocenters. The number of hydrogen-bond acceptors (Lipinski definition) is 3. The second-order valence-electron chi connectivity index (χ2n) is 4.47. The summed E-state index contributed by atoms with van der Waals surface area (Å²) in [6, 6.07) is 8.00. The van der Waals surface area contributed by atoms with E-state index in [1.165, 1.54) is 6.42 Å². The van der Waals surface area contributed by atoms with Crippen molar-refractivity contribution in [2.75, 3.05) is 25.1 Å². The fraction of sp³-hybridized carbons (Fsp3) is 0.538. The van der Waals surface area contributed by atoms with Crippen LogP contribution in [0.2, 0.25) is 5.02 Å². The van der Waals surface area contributed by atoms with Gasteiger partial charge in [0, 0.05) is 35.8 Å². The molecule has 3 nitrogen and oxygen atoms in total. The predicted octanol–water partition coefficient (Wildman–Crippen LogP) is 2.51. The zero-order chi connectivity index (χ0) is 12.1. The Hall–Kier alpha value is -0.770. The number of halogens is 1. The number of nitrogens with two attached hydrogens (primary N) is 1. The molecular formula is C13H19ClN2O. The third kappa shape index (κ3) is 3.60. The lowest BCUT2D eigenvalue weighted by Gasteiger charge is -2.30. The van der Waals surface area contributed by atoms with E-state index < -0.39 is 0 Å². The molecule has 2 unspecified atom stereocenters. The average Bonchev–Trinajstić information content (AvgIpc) is 2.37. The maximum absolute atomic E-state index is 5.96. The third-order valence-electron chi connectivity index (χ3n) is 3.20. The summed E-state index contributed by atoms with van der Waals surface area (Å²) in [7, 11) is 0. The first kappa shape index (κ1) is 12.7. The average molecular weight is 255 g/mol. The molecule has 1 saturated heterocycles. The van der Waals surface area contributed by atoms with Crippen LogP contribution in [0.5, 0.6) is 0 Å². The van der Waals surface area contributed by atoms with E-state index in [0.29, 0.717) is 12.5 Å². The van der Waals surface area contributed by atoms with Crippen molar-refractivity contribution in [2.45, 2.75) is 18.9 Å². The van der Waals surface area contributed by atoms with Gasteiger partial charge in [-0.1, -0.05) is 17.7 Å². The molecule has 1 aliphatic rings. The molecule has 0 amide bonds. The highest BCUT2D eigenvalue weighted by Crippen LogP contribution is 2.22. The first-order valence-electron chi connectivity index (χ1n) is 6.09. The highest BCUT2D eigenvalue weighted by atomic mass is 35.5. The Morgan fingerprint density at radius 2 is 2.41 bits per heavy atom. The lowest BCUT2D eigenvalue weighted by molar-refractivity contribution is 0.0485. The van der Waals surface area contributed by atoms with E-state index in [-0.39, 0.29) is 6.04 Å². The summed E-state index contributed by atoms with van der Waals surface area (Å²) in [5.74, 6) is 0.493. The van der Waals surface area contributed by atoms with Crippen LogP contribution in [-0.4, -0.2) is 25.8 Å². The van der Waals surface area contributed by atoms with Gasteiger partial charge in [0.1, 0.15) is 0 Å². The van der Waals surface area contributed by atoms with Crippen LogP contribution in [-0.2, 0) is 4.74 Å². The van der Waals surface area contributed by atoms with Crippen LogP contribution in [0.15, 0.2) is 24.3 Å². The summed E-state index contributed by atoms with van der Waals surface area (Å²) in [6.07, 6.45) is 2.30. The van der Waals surface area contributed by atoms with Gasteiger partial charge in [-0.2, -0.15) is 0 Å². The monoisotopic (exact) mass is 254 g/mol. The summed E-state index contributed by atoms with van der Waals surface area (Å²) >= 11 is 5.96. The van der Waals surface area contributed by atoms with Crippen LogP contribution in [0.4, 0.5) is 5.69 Å². The molecule has 0 aromatic heterocycles. The molecule has 94 valence electrons. The van der Waals surface area contributed by atoms with E-state index in [1.54, 1.807) is 0 Å². The van der Waals surface area contributed by atoms with E-state index in [1.807, 2.05) is 24.3 Å². The number of benzene rings is 1. The maximum atomic E-state index is 5.96. The van der Waals surface area contributed by atoms with Crippen LogP contribution in [0, 0.1) is 5.92 Å². The van der Waals surface area contributed by atoms with Crippen LogP contribution < -0.4 is 11.1 Å². The van der Waals surface area contributed by atoms with Crippen molar-refractivity contribution >= 4 is 17.3 Å². The van der Waals surface area contributed by atoms with Gasteiger partial charge in [-0.15, -0.1) is 0 Å². The molecule has 0 radical (unpaired) electrons. The summed E-state index contributed by atoms with van der Waals surface area (Å²) < 4.78 is 5.50. The van der Waals surface area contributed by atoms with Gasteiger partial charge in [0.2, 0.25) is 0 Å². The maximum Gasteiger partial charge on any atom is 0.0514 e. The largest absolute Gasteiger partial charge is 0.381 e. The highest BCUT2D eigenvalue weighted by Gasteiger charge is 2.22. The quantitative estimate of drug-likeness (QED) is 0.868. The van der Waals surface area contributed by atoms with E-state index in [4.69, 9.17) is 22.1 Å². The molecule has 0 saturated carbocycles. The molecule has 0 spiro atoms. The van der Waals surface area contributed by atoms with Gasteiger partial charge in [0.05, 0.1) is 6.61 Å². The minimum Gasteiger partial charge on any atom is -0.381 e. The summed E-state index contributed by atoms with van der Waals surface area (Å²) in [5, 5.41) is 4.19.